The molecule has 1 amide bonds. The second-order valence-electron chi connectivity index (χ2n) is 7.45. The van der Waals surface area contributed by atoms with Gasteiger partial charge in [-0.05, 0) is 49.9 Å². The van der Waals surface area contributed by atoms with E-state index in [4.69, 9.17) is 4.74 Å². The number of pyridine rings is 1. The highest BCUT2D eigenvalue weighted by molar-refractivity contribution is 5.83. The lowest BCUT2D eigenvalue weighted by atomic mass is 10.0. The van der Waals surface area contributed by atoms with Gasteiger partial charge in [-0.1, -0.05) is 6.07 Å². The summed E-state index contributed by atoms with van der Waals surface area (Å²) < 4.78 is 36.2. The number of fused-ring (bicyclic) bond motifs is 1. The summed E-state index contributed by atoms with van der Waals surface area (Å²) in [5.74, 6) is -0.0500. The molecule has 1 aromatic carbocycles. The van der Waals surface area contributed by atoms with Crippen molar-refractivity contribution in [3.05, 3.63) is 50.9 Å². The summed E-state index contributed by atoms with van der Waals surface area (Å²) in [6.45, 7) is 1.10. The molecule has 0 spiro atoms. The largest absolute Gasteiger partial charge is 0.493 e. The number of hydrogen-bond donors (Lipinski definition) is 2. The predicted octanol–water partition coefficient (Wildman–Crippen LogP) is 2.78. The number of ether oxygens (including phenoxy) is 2. The van der Waals surface area contributed by atoms with Gasteiger partial charge in [-0.25, -0.2) is 0 Å². The van der Waals surface area contributed by atoms with E-state index in [0.29, 0.717) is 36.2 Å². The lowest BCUT2D eigenvalue weighted by Gasteiger charge is -2.12. The summed E-state index contributed by atoms with van der Waals surface area (Å²) in [6.07, 6.45) is 0.874. The van der Waals surface area contributed by atoms with Crippen LogP contribution in [0.15, 0.2) is 23.0 Å². The maximum atomic E-state index is 12.6. The molecule has 2 aromatic heterocycles. The fourth-order valence-electron chi connectivity index (χ4n) is 3.79. The molecule has 0 atom stereocenters. The summed E-state index contributed by atoms with van der Waals surface area (Å²) in [7, 11) is 3.14. The fraction of sp³-hybridized carbons (Fsp3) is 0.409. The Hall–Kier alpha value is -3.43. The first kappa shape index (κ1) is 23.2. The highest BCUT2D eigenvalue weighted by atomic mass is 19.3. The highest BCUT2D eigenvalue weighted by Gasteiger charge is 2.16. The molecule has 0 aliphatic carbocycles. The summed E-state index contributed by atoms with van der Waals surface area (Å²) >= 11 is 0. The number of methoxy groups -OCH3 is 1. The van der Waals surface area contributed by atoms with Crippen molar-refractivity contribution < 1.29 is 23.0 Å². The summed E-state index contributed by atoms with van der Waals surface area (Å²) in [5.41, 5.74) is 3.35. The first-order valence-corrected chi connectivity index (χ1v) is 10.1. The second kappa shape index (κ2) is 9.80. The Bertz CT molecular complexity index is 1190. The number of halogens is 2. The molecule has 0 saturated heterocycles. The maximum Gasteiger partial charge on any atom is 0.387 e. The van der Waals surface area contributed by atoms with E-state index < -0.39 is 6.61 Å². The molecule has 0 fully saturated rings. The lowest BCUT2D eigenvalue weighted by Crippen LogP contribution is -2.27. The normalized spacial score (nSPS) is 11.2. The number of amides is 1. The monoisotopic (exact) mass is 448 g/mol. The van der Waals surface area contributed by atoms with Crippen LogP contribution in [0.25, 0.3) is 11.0 Å². The number of nitrogens with one attached hydrogen (secondary N) is 2. The number of nitrogens with zero attached hydrogens (tertiary/aromatic N) is 2. The Morgan fingerprint density at radius 3 is 2.69 bits per heavy atom. The predicted molar refractivity (Wildman–Crippen MR) is 115 cm³/mol. The van der Waals surface area contributed by atoms with Crippen LogP contribution in [-0.4, -0.2) is 40.9 Å². The SMILES string of the molecule is COc1ccc(CCNC(=O)CCc2c(C)c3c(C)nn(C)c3[nH]c2=O)cc1OC(F)F. The van der Waals surface area contributed by atoms with Gasteiger partial charge in [0, 0.05) is 31.0 Å². The molecule has 10 heteroatoms. The first-order chi connectivity index (χ1) is 15.2. The highest BCUT2D eigenvalue weighted by Crippen LogP contribution is 2.29. The molecule has 0 unspecified atom stereocenters. The molecule has 0 saturated carbocycles. The van der Waals surface area contributed by atoms with Gasteiger partial charge in [-0.2, -0.15) is 13.9 Å². The van der Waals surface area contributed by atoms with E-state index >= 15 is 0 Å². The van der Waals surface area contributed by atoms with E-state index in [-0.39, 0.29) is 29.4 Å². The molecule has 0 radical (unpaired) electrons. The minimum atomic E-state index is -2.96. The first-order valence-electron chi connectivity index (χ1n) is 10.1. The molecule has 8 nitrogen and oxygen atoms in total. The van der Waals surface area contributed by atoms with Gasteiger partial charge in [-0.15, -0.1) is 0 Å². The third-order valence-electron chi connectivity index (χ3n) is 5.34. The van der Waals surface area contributed by atoms with Crippen LogP contribution in [0, 0.1) is 13.8 Å². The second-order valence-corrected chi connectivity index (χ2v) is 7.45. The van der Waals surface area contributed by atoms with Crippen LogP contribution in [0.2, 0.25) is 0 Å². The zero-order valence-corrected chi connectivity index (χ0v) is 18.4. The Balaban J connectivity index is 1.58. The van der Waals surface area contributed by atoms with Crippen LogP contribution < -0.4 is 20.3 Å². The molecule has 3 rings (SSSR count). The van der Waals surface area contributed by atoms with Crippen molar-refractivity contribution in [2.45, 2.75) is 39.7 Å². The van der Waals surface area contributed by atoms with Crippen LogP contribution in [0.1, 0.15) is 28.8 Å². The van der Waals surface area contributed by atoms with Crippen molar-refractivity contribution in [1.82, 2.24) is 20.1 Å². The van der Waals surface area contributed by atoms with E-state index in [1.807, 2.05) is 13.8 Å². The van der Waals surface area contributed by atoms with Gasteiger partial charge in [0.25, 0.3) is 5.56 Å². The van der Waals surface area contributed by atoms with Crippen molar-refractivity contribution in [3.63, 3.8) is 0 Å². The van der Waals surface area contributed by atoms with E-state index in [2.05, 4.69) is 20.1 Å². The molecule has 3 aromatic rings. The van der Waals surface area contributed by atoms with Crippen LogP contribution in [0.4, 0.5) is 8.78 Å². The number of aromatic nitrogens is 3. The zero-order chi connectivity index (χ0) is 23.4. The molecule has 172 valence electrons. The van der Waals surface area contributed by atoms with E-state index in [0.717, 1.165) is 16.6 Å². The van der Waals surface area contributed by atoms with Gasteiger partial charge in [0.15, 0.2) is 11.5 Å². The number of H-pyrrole nitrogens is 1. The van der Waals surface area contributed by atoms with E-state index in [1.165, 1.54) is 13.2 Å². The standard InChI is InChI=1S/C22H26F2N4O4/c1-12-15(21(30)26-20-19(12)13(2)27-28(20)3)6-8-18(29)25-10-9-14-5-7-16(31-4)17(11-14)32-22(23)24/h5,7,11,22H,6,8-10H2,1-4H3,(H,25,29)(H,26,30). The van der Waals surface area contributed by atoms with Crippen LogP contribution >= 0.6 is 0 Å². The summed E-state index contributed by atoms with van der Waals surface area (Å²) in [6, 6.07) is 4.73. The van der Waals surface area contributed by atoms with Crippen molar-refractivity contribution in [3.8, 4) is 11.5 Å². The molecule has 2 heterocycles. The average Bonchev–Trinajstić information content (AvgIpc) is 3.00. The molecule has 0 aliphatic rings. The Morgan fingerprint density at radius 1 is 1.25 bits per heavy atom. The number of benzene rings is 1. The Morgan fingerprint density at radius 2 is 2.00 bits per heavy atom. The third kappa shape index (κ3) is 5.06. The Kier molecular flexibility index (Phi) is 7.12. The number of carbonyl (C=O) groups is 1. The van der Waals surface area contributed by atoms with Gasteiger partial charge in [-0.3, -0.25) is 14.3 Å². The van der Waals surface area contributed by atoms with Gasteiger partial charge >= 0.3 is 6.61 Å². The zero-order valence-electron chi connectivity index (χ0n) is 18.4. The van der Waals surface area contributed by atoms with E-state index in [9.17, 15) is 18.4 Å². The summed E-state index contributed by atoms with van der Waals surface area (Å²) in [5, 5.41) is 8.03. The third-order valence-corrected chi connectivity index (χ3v) is 5.34. The van der Waals surface area contributed by atoms with Crippen molar-refractivity contribution in [2.75, 3.05) is 13.7 Å². The number of carbonyl (C=O) groups excluding carboxylic acids is 1. The molecular formula is C22H26F2N4O4. The quantitative estimate of drug-likeness (QED) is 0.525. The number of rotatable bonds is 9. The minimum absolute atomic E-state index is 0.0536. The Labute approximate surface area is 183 Å². The van der Waals surface area contributed by atoms with Gasteiger partial charge in [0.2, 0.25) is 5.91 Å². The fourth-order valence-corrected chi connectivity index (χ4v) is 3.79. The lowest BCUT2D eigenvalue weighted by molar-refractivity contribution is -0.121. The molecule has 0 bridgehead atoms. The average molecular weight is 448 g/mol. The number of alkyl halides is 2. The molecule has 0 aliphatic heterocycles. The molecular weight excluding hydrogens is 422 g/mol. The smallest absolute Gasteiger partial charge is 0.387 e. The van der Waals surface area contributed by atoms with Gasteiger partial charge in [0.1, 0.15) is 5.65 Å². The van der Waals surface area contributed by atoms with Crippen molar-refractivity contribution >= 4 is 16.9 Å². The molecule has 32 heavy (non-hydrogen) atoms. The minimum Gasteiger partial charge on any atom is -0.493 e. The molecule has 2 N–H and O–H groups in total. The van der Waals surface area contributed by atoms with Crippen LogP contribution in [-0.2, 0) is 24.7 Å². The number of aryl methyl sites for hydroxylation is 3. The van der Waals surface area contributed by atoms with Crippen molar-refractivity contribution in [1.29, 1.82) is 0 Å². The van der Waals surface area contributed by atoms with Crippen LogP contribution in [0.5, 0.6) is 11.5 Å². The van der Waals surface area contributed by atoms with Gasteiger partial charge in [0.05, 0.1) is 12.8 Å². The van der Waals surface area contributed by atoms with Crippen molar-refractivity contribution in [2.24, 2.45) is 7.05 Å². The summed E-state index contributed by atoms with van der Waals surface area (Å²) in [4.78, 5) is 27.6. The maximum absolute atomic E-state index is 12.6. The van der Waals surface area contributed by atoms with Gasteiger partial charge < -0.3 is 19.8 Å². The van der Waals surface area contributed by atoms with E-state index in [1.54, 1.807) is 23.9 Å². The number of hydrogen-bond acceptors (Lipinski definition) is 5. The topological polar surface area (TPSA) is 98.2 Å². The number of aromatic amines is 1. The van der Waals surface area contributed by atoms with Crippen LogP contribution in [0.3, 0.4) is 0 Å².